The third-order valence-corrected chi connectivity index (χ3v) is 2.98. The van der Waals surface area contributed by atoms with E-state index in [0.717, 1.165) is 17.8 Å². The van der Waals surface area contributed by atoms with Crippen molar-refractivity contribution < 1.29 is 17.9 Å². The largest absolute Gasteiger partial charge is 0.457 e. The molecule has 0 amide bonds. The lowest BCUT2D eigenvalue weighted by Crippen LogP contribution is -2.04. The molecule has 0 saturated heterocycles. The predicted octanol–water partition coefficient (Wildman–Crippen LogP) is 5.26. The molecule has 2 nitrogen and oxygen atoms in total. The van der Waals surface area contributed by atoms with Crippen LogP contribution in [-0.4, -0.2) is 0 Å². The normalized spacial score (nSPS) is 11.2. The van der Waals surface area contributed by atoms with Crippen LogP contribution in [0.4, 0.5) is 18.9 Å². The van der Waals surface area contributed by atoms with E-state index < -0.39 is 11.7 Å². The van der Waals surface area contributed by atoms with Crippen molar-refractivity contribution in [1.29, 1.82) is 0 Å². The Morgan fingerprint density at radius 2 is 1.63 bits per heavy atom. The first kappa shape index (κ1) is 14.0. The summed E-state index contributed by atoms with van der Waals surface area (Å²) in [5, 5.41) is 0. The predicted molar refractivity (Wildman–Crippen MR) is 75.6 cm³/mol. The van der Waals surface area contributed by atoms with Crippen molar-refractivity contribution in [2.75, 3.05) is 3.53 Å². The second-order valence-corrected chi connectivity index (χ2v) is 4.29. The van der Waals surface area contributed by atoms with Crippen molar-refractivity contribution >= 4 is 28.6 Å². The van der Waals surface area contributed by atoms with Crippen LogP contribution in [-0.2, 0) is 6.18 Å². The van der Waals surface area contributed by atoms with Crippen molar-refractivity contribution in [2.45, 2.75) is 6.18 Å². The lowest BCUT2D eigenvalue weighted by atomic mass is 10.2. The number of alkyl halides is 3. The van der Waals surface area contributed by atoms with Crippen LogP contribution in [0.1, 0.15) is 5.56 Å². The minimum absolute atomic E-state index is 0.157. The molecule has 0 bridgehead atoms. The molecule has 19 heavy (non-hydrogen) atoms. The minimum atomic E-state index is -4.37. The van der Waals surface area contributed by atoms with Gasteiger partial charge in [-0.2, -0.15) is 13.2 Å². The van der Waals surface area contributed by atoms with Gasteiger partial charge in [-0.05, 0) is 42.5 Å². The van der Waals surface area contributed by atoms with Crippen molar-refractivity contribution in [3.63, 3.8) is 0 Å². The summed E-state index contributed by atoms with van der Waals surface area (Å²) in [4.78, 5) is 0. The van der Waals surface area contributed by atoms with Crippen LogP contribution in [0.25, 0.3) is 0 Å². The highest BCUT2D eigenvalue weighted by molar-refractivity contribution is 14.1. The van der Waals surface area contributed by atoms with Crippen LogP contribution in [0.2, 0.25) is 0 Å². The summed E-state index contributed by atoms with van der Waals surface area (Å²) < 4.78 is 45.9. The van der Waals surface area contributed by atoms with Crippen LogP contribution in [0.15, 0.2) is 48.5 Å². The highest BCUT2D eigenvalue weighted by Gasteiger charge is 2.30. The van der Waals surface area contributed by atoms with E-state index in [4.69, 9.17) is 4.74 Å². The summed E-state index contributed by atoms with van der Waals surface area (Å²) in [7, 11) is 0. The summed E-state index contributed by atoms with van der Waals surface area (Å²) in [5.74, 6) is 0.639. The summed E-state index contributed by atoms with van der Waals surface area (Å²) in [5.41, 5.74) is 0.160. The van der Waals surface area contributed by atoms with Crippen molar-refractivity contribution in [3.05, 3.63) is 54.1 Å². The molecule has 1 N–H and O–H groups in total. The molecule has 0 saturated carbocycles. The van der Waals surface area contributed by atoms with Crippen LogP contribution < -0.4 is 8.27 Å². The molecule has 0 aliphatic heterocycles. The zero-order valence-corrected chi connectivity index (χ0v) is 11.7. The van der Waals surface area contributed by atoms with E-state index >= 15 is 0 Å². The zero-order valence-electron chi connectivity index (χ0n) is 9.54. The fourth-order valence-electron chi connectivity index (χ4n) is 1.46. The van der Waals surface area contributed by atoms with Gasteiger partial charge in [-0.15, -0.1) is 0 Å². The lowest BCUT2D eigenvalue weighted by Gasteiger charge is -2.10. The number of benzene rings is 2. The number of hydrogen-bond acceptors (Lipinski definition) is 2. The van der Waals surface area contributed by atoms with Gasteiger partial charge in [-0.3, -0.25) is 0 Å². The monoisotopic (exact) mass is 379 g/mol. The molecule has 0 fully saturated rings. The fourth-order valence-corrected chi connectivity index (χ4v) is 1.82. The molecule has 0 aliphatic rings. The Balaban J connectivity index is 2.18. The van der Waals surface area contributed by atoms with Gasteiger partial charge < -0.3 is 8.27 Å². The summed E-state index contributed by atoms with van der Waals surface area (Å²) in [6, 6.07) is 11.7. The van der Waals surface area contributed by atoms with Gasteiger partial charge in [0.25, 0.3) is 0 Å². The third-order valence-electron chi connectivity index (χ3n) is 2.36. The number of nitrogens with one attached hydrogen (secondary N) is 1. The maximum absolute atomic E-state index is 12.5. The first-order valence-electron chi connectivity index (χ1n) is 5.31. The molecule has 6 heteroatoms. The SMILES string of the molecule is FC(F)(F)c1cccc(Oc2ccc(NI)cc2)c1. The average molecular weight is 379 g/mol. The summed E-state index contributed by atoms with van der Waals surface area (Å²) >= 11 is 1.99. The van der Waals surface area contributed by atoms with Crippen molar-refractivity contribution in [1.82, 2.24) is 0 Å². The van der Waals surface area contributed by atoms with Gasteiger partial charge in [0, 0.05) is 5.69 Å². The molecule has 0 unspecified atom stereocenters. The molecular formula is C13H9F3INO. The van der Waals surface area contributed by atoms with Gasteiger partial charge in [0.1, 0.15) is 11.5 Å². The Hall–Kier alpha value is -1.44. The molecule has 2 aromatic carbocycles. The molecule has 0 atom stereocenters. The average Bonchev–Trinajstić information content (AvgIpc) is 2.39. The van der Waals surface area contributed by atoms with Gasteiger partial charge in [0.15, 0.2) is 0 Å². The zero-order chi connectivity index (χ0) is 13.9. The van der Waals surface area contributed by atoms with Crippen LogP contribution in [0.3, 0.4) is 0 Å². The molecule has 0 radical (unpaired) electrons. The van der Waals surface area contributed by atoms with Gasteiger partial charge in [-0.1, -0.05) is 6.07 Å². The maximum atomic E-state index is 12.5. The molecule has 100 valence electrons. The third kappa shape index (κ3) is 3.76. The maximum Gasteiger partial charge on any atom is 0.416 e. The Kier molecular flexibility index (Phi) is 4.18. The number of hydrogen-bond donors (Lipinski definition) is 1. The minimum Gasteiger partial charge on any atom is -0.457 e. The van der Waals surface area contributed by atoms with E-state index in [1.54, 1.807) is 24.3 Å². The van der Waals surface area contributed by atoms with E-state index in [-0.39, 0.29) is 5.75 Å². The lowest BCUT2D eigenvalue weighted by molar-refractivity contribution is -0.137. The van der Waals surface area contributed by atoms with E-state index in [9.17, 15) is 13.2 Å². The van der Waals surface area contributed by atoms with Gasteiger partial charge in [0.05, 0.1) is 28.4 Å². The molecule has 0 aliphatic carbocycles. The van der Waals surface area contributed by atoms with E-state index in [0.29, 0.717) is 5.75 Å². The van der Waals surface area contributed by atoms with Crippen molar-refractivity contribution in [3.8, 4) is 11.5 Å². The Morgan fingerprint density at radius 3 is 2.21 bits per heavy atom. The Labute approximate surface area is 122 Å². The van der Waals surface area contributed by atoms with Crippen molar-refractivity contribution in [2.24, 2.45) is 0 Å². The molecular weight excluding hydrogens is 370 g/mol. The molecule has 2 rings (SSSR count). The van der Waals surface area contributed by atoms with E-state index in [1.165, 1.54) is 12.1 Å². The molecule has 0 heterocycles. The van der Waals surface area contributed by atoms with Crippen LogP contribution >= 0.6 is 22.9 Å². The highest BCUT2D eigenvalue weighted by atomic mass is 127. The van der Waals surface area contributed by atoms with Gasteiger partial charge in [-0.25, -0.2) is 0 Å². The van der Waals surface area contributed by atoms with E-state index in [1.807, 2.05) is 22.9 Å². The van der Waals surface area contributed by atoms with E-state index in [2.05, 4.69) is 3.53 Å². The second kappa shape index (κ2) is 5.68. The first-order valence-corrected chi connectivity index (χ1v) is 6.39. The molecule has 0 aromatic heterocycles. The Morgan fingerprint density at radius 1 is 0.947 bits per heavy atom. The number of anilines is 1. The highest BCUT2D eigenvalue weighted by Crippen LogP contribution is 2.32. The van der Waals surface area contributed by atoms with Crippen LogP contribution in [0.5, 0.6) is 11.5 Å². The fraction of sp³-hybridized carbons (Fsp3) is 0.0769. The molecule has 2 aromatic rings. The molecule has 0 spiro atoms. The number of ether oxygens (including phenoxy) is 1. The summed E-state index contributed by atoms with van der Waals surface area (Å²) in [6.45, 7) is 0. The standard InChI is InChI=1S/C13H9F3INO/c14-13(15,16)9-2-1-3-12(8-9)19-11-6-4-10(18-17)5-7-11/h1-8,18H. The second-order valence-electron chi connectivity index (χ2n) is 3.75. The van der Waals surface area contributed by atoms with Crippen LogP contribution in [0, 0.1) is 0 Å². The van der Waals surface area contributed by atoms with Gasteiger partial charge in [0.2, 0.25) is 0 Å². The summed E-state index contributed by atoms with van der Waals surface area (Å²) in [6.07, 6.45) is -4.37. The number of rotatable bonds is 3. The smallest absolute Gasteiger partial charge is 0.416 e. The van der Waals surface area contributed by atoms with Gasteiger partial charge >= 0.3 is 6.18 Å². The quantitative estimate of drug-likeness (QED) is 0.580. The Bertz CT molecular complexity index is 555. The topological polar surface area (TPSA) is 21.3 Å². The number of halogens is 4. The first-order chi connectivity index (χ1) is 8.99.